The van der Waals surface area contributed by atoms with Crippen LogP contribution in [0.4, 0.5) is 5.82 Å². The highest BCUT2D eigenvalue weighted by Crippen LogP contribution is 2.06. The summed E-state index contributed by atoms with van der Waals surface area (Å²) in [5, 5.41) is 2.85. The third-order valence-corrected chi connectivity index (χ3v) is 3.18. The Morgan fingerprint density at radius 2 is 2.33 bits per heavy atom. The first-order valence-corrected chi connectivity index (χ1v) is 6.25. The average Bonchev–Trinajstić information content (AvgIpc) is 2.37. The first kappa shape index (κ1) is 14.4. The number of pyridine rings is 1. The number of nitrogens with zero attached hydrogens (tertiary/aromatic N) is 2. The van der Waals surface area contributed by atoms with Crippen molar-refractivity contribution in [2.24, 2.45) is 0 Å². The van der Waals surface area contributed by atoms with Crippen molar-refractivity contribution in [1.29, 1.82) is 0 Å². The van der Waals surface area contributed by atoms with E-state index in [9.17, 15) is 4.79 Å². The van der Waals surface area contributed by atoms with E-state index in [2.05, 4.69) is 36.1 Å². The highest BCUT2D eigenvalue weighted by Gasteiger charge is 2.10. The molecule has 1 amide bonds. The summed E-state index contributed by atoms with van der Waals surface area (Å²) in [7, 11) is 2.05. The predicted octanol–water partition coefficient (Wildman–Crippen LogP) is 1.12. The topological polar surface area (TPSA) is 71.2 Å². The Morgan fingerprint density at radius 3 is 2.94 bits per heavy atom. The largest absolute Gasteiger partial charge is 0.383 e. The van der Waals surface area contributed by atoms with Crippen LogP contribution in [0.2, 0.25) is 0 Å². The second-order valence-electron chi connectivity index (χ2n) is 4.43. The van der Waals surface area contributed by atoms with Gasteiger partial charge in [-0.15, -0.1) is 0 Å². The summed E-state index contributed by atoms with van der Waals surface area (Å²) in [5.74, 6) is 0.100. The van der Waals surface area contributed by atoms with Crippen LogP contribution in [0.1, 0.15) is 30.6 Å². The van der Waals surface area contributed by atoms with Gasteiger partial charge in [-0.05, 0) is 32.5 Å². The van der Waals surface area contributed by atoms with E-state index in [1.54, 1.807) is 18.3 Å². The Morgan fingerprint density at radius 1 is 1.61 bits per heavy atom. The Bertz CT molecular complexity index is 394. The molecule has 5 nitrogen and oxygen atoms in total. The van der Waals surface area contributed by atoms with E-state index in [1.807, 2.05) is 0 Å². The summed E-state index contributed by atoms with van der Waals surface area (Å²) in [5.41, 5.74) is 6.07. The maximum absolute atomic E-state index is 11.8. The number of nitrogens with two attached hydrogens (primary N) is 1. The van der Waals surface area contributed by atoms with Crippen molar-refractivity contribution < 1.29 is 4.79 Å². The van der Waals surface area contributed by atoms with Crippen molar-refractivity contribution in [3.05, 3.63) is 23.9 Å². The van der Waals surface area contributed by atoms with Crippen molar-refractivity contribution in [2.45, 2.75) is 26.3 Å². The zero-order valence-electron chi connectivity index (χ0n) is 11.3. The predicted molar refractivity (Wildman–Crippen MR) is 73.4 cm³/mol. The lowest BCUT2D eigenvalue weighted by Crippen LogP contribution is -2.37. The van der Waals surface area contributed by atoms with Crippen LogP contribution in [0.5, 0.6) is 0 Å². The molecule has 0 aliphatic heterocycles. The fourth-order valence-electron chi connectivity index (χ4n) is 1.58. The molecule has 0 spiro atoms. The zero-order valence-corrected chi connectivity index (χ0v) is 11.3. The summed E-state index contributed by atoms with van der Waals surface area (Å²) in [6.07, 6.45) is 2.67. The molecule has 3 N–H and O–H groups in total. The van der Waals surface area contributed by atoms with Gasteiger partial charge in [0.15, 0.2) is 0 Å². The molecule has 0 radical (unpaired) electrons. The van der Waals surface area contributed by atoms with Gasteiger partial charge in [-0.2, -0.15) is 0 Å². The van der Waals surface area contributed by atoms with Crippen LogP contribution >= 0.6 is 0 Å². The molecule has 1 rings (SSSR count). The van der Waals surface area contributed by atoms with Gasteiger partial charge in [0.25, 0.3) is 5.91 Å². The molecule has 18 heavy (non-hydrogen) atoms. The van der Waals surface area contributed by atoms with E-state index in [-0.39, 0.29) is 11.7 Å². The lowest BCUT2D eigenvalue weighted by atomic mass is 10.2. The van der Waals surface area contributed by atoms with Gasteiger partial charge in [-0.25, -0.2) is 4.98 Å². The Hall–Kier alpha value is -1.62. The van der Waals surface area contributed by atoms with Gasteiger partial charge in [0.05, 0.1) is 5.56 Å². The number of hydrogen-bond acceptors (Lipinski definition) is 4. The Labute approximate surface area is 108 Å². The monoisotopic (exact) mass is 250 g/mol. The zero-order chi connectivity index (χ0) is 13.5. The van der Waals surface area contributed by atoms with Crippen LogP contribution in [0.25, 0.3) is 0 Å². The van der Waals surface area contributed by atoms with Gasteiger partial charge in [0.2, 0.25) is 0 Å². The number of amides is 1. The summed E-state index contributed by atoms with van der Waals surface area (Å²) in [4.78, 5) is 17.9. The summed E-state index contributed by atoms with van der Waals surface area (Å²) in [6.45, 7) is 5.74. The van der Waals surface area contributed by atoms with E-state index in [0.717, 1.165) is 13.0 Å². The second-order valence-corrected chi connectivity index (χ2v) is 4.43. The fraction of sp³-hybridized carbons (Fsp3) is 0.538. The molecule has 0 bridgehead atoms. The van der Waals surface area contributed by atoms with Crippen LogP contribution in [-0.4, -0.2) is 42.0 Å². The lowest BCUT2D eigenvalue weighted by Gasteiger charge is -2.23. The van der Waals surface area contributed by atoms with E-state index < -0.39 is 0 Å². The van der Waals surface area contributed by atoms with E-state index in [0.29, 0.717) is 18.2 Å². The summed E-state index contributed by atoms with van der Waals surface area (Å²) in [6, 6.07) is 3.90. The van der Waals surface area contributed by atoms with Gasteiger partial charge in [-0.1, -0.05) is 6.92 Å². The molecule has 0 aromatic carbocycles. The maximum Gasteiger partial charge on any atom is 0.255 e. The number of nitrogen functional groups attached to an aromatic ring is 1. The molecule has 1 heterocycles. The number of rotatable bonds is 6. The van der Waals surface area contributed by atoms with Crippen molar-refractivity contribution in [2.75, 3.05) is 25.9 Å². The molecular weight excluding hydrogens is 228 g/mol. The molecule has 1 atom stereocenters. The quantitative estimate of drug-likeness (QED) is 0.794. The van der Waals surface area contributed by atoms with Crippen molar-refractivity contribution in [3.8, 4) is 0 Å². The Kier molecular flexibility index (Phi) is 5.58. The lowest BCUT2D eigenvalue weighted by molar-refractivity contribution is 0.0948. The molecule has 0 saturated carbocycles. The minimum Gasteiger partial charge on any atom is -0.383 e. The smallest absolute Gasteiger partial charge is 0.255 e. The highest BCUT2D eigenvalue weighted by atomic mass is 16.1. The van der Waals surface area contributed by atoms with Crippen LogP contribution in [-0.2, 0) is 0 Å². The molecule has 0 fully saturated rings. The van der Waals surface area contributed by atoms with Crippen LogP contribution in [0.3, 0.4) is 0 Å². The summed E-state index contributed by atoms with van der Waals surface area (Å²) < 4.78 is 0. The van der Waals surface area contributed by atoms with E-state index in [4.69, 9.17) is 5.73 Å². The highest BCUT2D eigenvalue weighted by molar-refractivity contribution is 5.98. The van der Waals surface area contributed by atoms with Crippen molar-refractivity contribution in [1.82, 2.24) is 15.2 Å². The first-order valence-electron chi connectivity index (χ1n) is 6.25. The number of likely N-dealkylation sites (N-methyl/N-ethyl adjacent to an activating group) is 1. The standard InChI is InChI=1S/C13H22N4O/c1-4-10(2)17(3)9-8-16-13(18)11-6-5-7-15-12(11)14/h5-7,10H,4,8-9H2,1-3H3,(H2,14,15)(H,16,18). The molecule has 1 aromatic heterocycles. The molecule has 1 aromatic rings. The van der Waals surface area contributed by atoms with Crippen molar-refractivity contribution >= 4 is 11.7 Å². The van der Waals surface area contributed by atoms with Gasteiger partial charge < -0.3 is 16.0 Å². The van der Waals surface area contributed by atoms with Gasteiger partial charge in [0.1, 0.15) is 5.82 Å². The molecule has 5 heteroatoms. The second kappa shape index (κ2) is 6.96. The number of hydrogen-bond donors (Lipinski definition) is 2. The normalized spacial score (nSPS) is 12.4. The number of nitrogens with one attached hydrogen (secondary N) is 1. The van der Waals surface area contributed by atoms with Gasteiger partial charge in [0, 0.05) is 25.3 Å². The molecule has 0 saturated heterocycles. The SMILES string of the molecule is CCC(C)N(C)CCNC(=O)c1cccnc1N. The third kappa shape index (κ3) is 4.00. The average molecular weight is 250 g/mol. The number of carbonyl (C=O) groups is 1. The summed E-state index contributed by atoms with van der Waals surface area (Å²) >= 11 is 0. The van der Waals surface area contributed by atoms with Crippen molar-refractivity contribution in [3.63, 3.8) is 0 Å². The molecule has 0 aliphatic rings. The minimum atomic E-state index is -0.168. The number of carbonyl (C=O) groups excluding carboxylic acids is 1. The van der Waals surface area contributed by atoms with Crippen LogP contribution in [0.15, 0.2) is 18.3 Å². The molecule has 100 valence electrons. The third-order valence-electron chi connectivity index (χ3n) is 3.18. The van der Waals surface area contributed by atoms with Gasteiger partial charge in [-0.3, -0.25) is 4.79 Å². The molecular formula is C13H22N4O. The van der Waals surface area contributed by atoms with Gasteiger partial charge >= 0.3 is 0 Å². The van der Waals surface area contributed by atoms with Crippen LogP contribution < -0.4 is 11.1 Å². The van der Waals surface area contributed by atoms with E-state index >= 15 is 0 Å². The fourth-order valence-corrected chi connectivity index (χ4v) is 1.58. The first-order chi connectivity index (χ1) is 8.56. The number of anilines is 1. The van der Waals surface area contributed by atoms with Crippen LogP contribution in [0, 0.1) is 0 Å². The van der Waals surface area contributed by atoms with E-state index in [1.165, 1.54) is 0 Å². The maximum atomic E-state index is 11.8. The minimum absolute atomic E-state index is 0.168. The number of aromatic nitrogens is 1. The molecule has 1 unspecified atom stereocenters. The Balaban J connectivity index is 2.41. The molecule has 0 aliphatic carbocycles.